The summed E-state index contributed by atoms with van der Waals surface area (Å²) in [5.41, 5.74) is -0.562. The number of fused-ring (bicyclic) bond motifs is 4. The molecule has 1 saturated heterocycles. The summed E-state index contributed by atoms with van der Waals surface area (Å²) in [6.45, 7) is 14.1. The molecule has 7 unspecified atom stereocenters. The highest BCUT2D eigenvalue weighted by Crippen LogP contribution is 2.81. The second-order valence-electron chi connectivity index (χ2n) is 16.3. The predicted molar refractivity (Wildman–Crippen MR) is 176 cm³/mol. The molecule has 0 radical (unpaired) electrons. The lowest BCUT2D eigenvalue weighted by molar-refractivity contribution is -0.162. The Morgan fingerprint density at radius 2 is 1.75 bits per heavy atom. The number of furan rings is 1. The van der Waals surface area contributed by atoms with Gasteiger partial charge < -0.3 is 28.8 Å². The van der Waals surface area contributed by atoms with Crippen LogP contribution < -0.4 is 9.47 Å². The Labute approximate surface area is 281 Å². The number of aliphatic hydroxyl groups excluding tert-OH is 1. The second-order valence-corrected chi connectivity index (χ2v) is 16.3. The number of aliphatic hydroxyl groups is 1. The monoisotopic (exact) mass is 658 g/mol. The van der Waals surface area contributed by atoms with Crippen molar-refractivity contribution >= 4 is 17.5 Å². The topological polar surface area (TPSA) is 136 Å². The second kappa shape index (κ2) is 10.1. The van der Waals surface area contributed by atoms with Crippen LogP contribution in [-0.4, -0.2) is 52.2 Å². The highest BCUT2D eigenvalue weighted by atomic mass is 16.6. The highest BCUT2D eigenvalue weighted by Gasteiger charge is 2.87. The molecule has 1 aromatic heterocycles. The quantitative estimate of drug-likeness (QED) is 0.324. The van der Waals surface area contributed by atoms with Crippen molar-refractivity contribution in [2.45, 2.75) is 104 Å². The fourth-order valence-corrected chi connectivity index (χ4v) is 10.9. The van der Waals surface area contributed by atoms with E-state index in [-0.39, 0.29) is 51.8 Å². The van der Waals surface area contributed by atoms with Crippen molar-refractivity contribution < 1.29 is 43.2 Å². The fourth-order valence-electron chi connectivity index (χ4n) is 10.9. The zero-order chi connectivity index (χ0) is 34.8. The largest absolute Gasteiger partial charge is 0.504 e. The molecule has 9 heteroatoms. The van der Waals surface area contributed by atoms with Gasteiger partial charge in [-0.2, -0.15) is 0 Å². The molecule has 3 fully saturated rings. The molecule has 1 spiro atoms. The van der Waals surface area contributed by atoms with E-state index in [0.29, 0.717) is 11.3 Å². The molecular formula is C39H46O9. The number of ketones is 2. The number of allylic oxidation sites excluding steroid dienone is 4. The first-order valence-corrected chi connectivity index (χ1v) is 17.0. The van der Waals surface area contributed by atoms with Gasteiger partial charge in [-0.05, 0) is 114 Å². The number of carbonyl (C=O) groups excluding carboxylic acids is 2. The third kappa shape index (κ3) is 3.97. The van der Waals surface area contributed by atoms with Crippen LogP contribution >= 0.6 is 0 Å². The fraction of sp³-hybridized carbons (Fsp3) is 0.564. The van der Waals surface area contributed by atoms with Gasteiger partial charge in [-0.15, -0.1) is 0 Å². The molecule has 6 aliphatic rings. The lowest BCUT2D eigenvalue weighted by Crippen LogP contribution is -2.66. The summed E-state index contributed by atoms with van der Waals surface area (Å²) in [4.78, 5) is 37.8. The van der Waals surface area contributed by atoms with Gasteiger partial charge in [0.15, 0.2) is 11.5 Å². The van der Waals surface area contributed by atoms with Gasteiger partial charge in [0, 0.05) is 16.4 Å². The number of benzene rings is 1. The summed E-state index contributed by atoms with van der Waals surface area (Å²) in [5, 5.41) is 20.4. The SMILES string of the molecule is CC1(C)C(=O)C=CC2(C)C1=C(O)C(=O)C1(C)C2CCC2(C)C(c3ccoc3)CC3OC321.COc1c(C(=O)O)ccc2c1CCC(C)(C)O2. The van der Waals surface area contributed by atoms with Crippen molar-refractivity contribution in [3.05, 3.63) is 70.9 Å². The molecule has 3 heterocycles. The molecule has 2 saturated carbocycles. The van der Waals surface area contributed by atoms with Gasteiger partial charge in [-0.1, -0.05) is 19.9 Å². The molecule has 0 bridgehead atoms. The molecule has 1 aromatic carbocycles. The minimum Gasteiger partial charge on any atom is -0.504 e. The highest BCUT2D eigenvalue weighted by molar-refractivity contribution is 6.06. The molecule has 2 aliphatic heterocycles. The van der Waals surface area contributed by atoms with E-state index >= 15 is 0 Å². The lowest BCUT2D eigenvalue weighted by atomic mass is 9.39. The number of carboxylic acids is 1. The van der Waals surface area contributed by atoms with E-state index in [2.05, 4.69) is 13.8 Å². The van der Waals surface area contributed by atoms with Crippen LogP contribution in [-0.2, 0) is 20.7 Å². The molecule has 2 aromatic rings. The van der Waals surface area contributed by atoms with E-state index in [1.165, 1.54) is 18.7 Å². The van der Waals surface area contributed by atoms with E-state index < -0.39 is 27.8 Å². The van der Waals surface area contributed by atoms with E-state index in [1.807, 2.05) is 53.0 Å². The van der Waals surface area contributed by atoms with Gasteiger partial charge in [-0.3, -0.25) is 9.59 Å². The first kappa shape index (κ1) is 32.7. The van der Waals surface area contributed by atoms with Crippen molar-refractivity contribution in [3.8, 4) is 11.5 Å². The number of hydrogen-bond acceptors (Lipinski definition) is 8. The number of ether oxygens (including phenoxy) is 3. The first-order chi connectivity index (χ1) is 22.4. The number of rotatable bonds is 3. The predicted octanol–water partition coefficient (Wildman–Crippen LogP) is 7.39. The van der Waals surface area contributed by atoms with E-state index in [4.69, 9.17) is 23.7 Å². The van der Waals surface area contributed by atoms with E-state index in [0.717, 1.165) is 43.4 Å². The van der Waals surface area contributed by atoms with Gasteiger partial charge in [0.25, 0.3) is 0 Å². The van der Waals surface area contributed by atoms with Gasteiger partial charge in [0.1, 0.15) is 28.3 Å². The van der Waals surface area contributed by atoms with Crippen LogP contribution in [0.3, 0.4) is 0 Å². The normalized spacial score (nSPS) is 37.9. The standard InChI is InChI=1S/C26H30O5.C13H16O4/c1-22(2)17(27)7-9-23(3)16-6-10-24(4)15(14-8-11-30-13-14)12-18-26(24,31-18)25(16,5)21(29)19(28)20(22)23;1-13(2)7-6-8-10(17-13)5-4-9(12(14)15)11(8)16-3/h7-9,11,13,15-16,18,28H,6,10,12H2,1-5H3;4-5H,6-7H2,1-3H3,(H,14,15). The number of carbonyl (C=O) groups is 3. The van der Waals surface area contributed by atoms with Gasteiger partial charge >= 0.3 is 5.97 Å². The maximum absolute atomic E-state index is 14.0. The molecule has 8 rings (SSSR count). The molecule has 4 aliphatic carbocycles. The zero-order valence-corrected chi connectivity index (χ0v) is 29.1. The van der Waals surface area contributed by atoms with Crippen LogP contribution in [0.1, 0.15) is 102 Å². The summed E-state index contributed by atoms with van der Waals surface area (Å²) < 4.78 is 22.9. The van der Waals surface area contributed by atoms with Crippen molar-refractivity contribution in [1.82, 2.24) is 0 Å². The Morgan fingerprint density at radius 1 is 1.02 bits per heavy atom. The summed E-state index contributed by atoms with van der Waals surface area (Å²) in [6, 6.07) is 5.27. The summed E-state index contributed by atoms with van der Waals surface area (Å²) >= 11 is 0. The number of Topliss-reactive ketones (excluding diaryl/α,β-unsaturated/α-hetero) is 1. The summed E-state index contributed by atoms with van der Waals surface area (Å²) in [5.74, 6) is -0.142. The number of hydrogen-bond donors (Lipinski definition) is 2. The molecule has 9 nitrogen and oxygen atoms in total. The first-order valence-electron chi connectivity index (χ1n) is 17.0. The Morgan fingerprint density at radius 3 is 2.40 bits per heavy atom. The van der Waals surface area contributed by atoms with Crippen molar-refractivity contribution in [2.24, 2.45) is 27.6 Å². The minimum absolute atomic E-state index is 0.00527. The van der Waals surface area contributed by atoms with Crippen molar-refractivity contribution in [1.29, 1.82) is 0 Å². The average Bonchev–Trinajstić information content (AvgIpc) is 3.37. The van der Waals surface area contributed by atoms with Crippen LogP contribution in [0.15, 0.2) is 58.6 Å². The molecule has 48 heavy (non-hydrogen) atoms. The summed E-state index contributed by atoms with van der Waals surface area (Å²) in [7, 11) is 1.49. The number of aromatic carboxylic acids is 1. The Balaban J connectivity index is 0.000000182. The number of carboxylic acid groups (broad SMARTS) is 1. The smallest absolute Gasteiger partial charge is 0.339 e. The molecule has 256 valence electrons. The Kier molecular flexibility index (Phi) is 6.87. The van der Waals surface area contributed by atoms with Crippen molar-refractivity contribution in [3.63, 3.8) is 0 Å². The number of epoxide rings is 1. The van der Waals surface area contributed by atoms with Gasteiger partial charge in [0.2, 0.25) is 5.78 Å². The van der Waals surface area contributed by atoms with Gasteiger partial charge in [-0.25, -0.2) is 4.79 Å². The minimum atomic E-state index is -0.977. The molecular weight excluding hydrogens is 612 g/mol. The maximum Gasteiger partial charge on any atom is 0.339 e. The maximum atomic E-state index is 14.0. The van der Waals surface area contributed by atoms with Crippen LogP contribution in [0.5, 0.6) is 11.5 Å². The summed E-state index contributed by atoms with van der Waals surface area (Å²) in [6.07, 6.45) is 11.4. The van der Waals surface area contributed by atoms with E-state index in [1.54, 1.807) is 18.4 Å². The molecule has 7 atom stereocenters. The third-order valence-corrected chi connectivity index (χ3v) is 13.2. The third-order valence-electron chi connectivity index (χ3n) is 13.2. The van der Waals surface area contributed by atoms with Gasteiger partial charge in [0.05, 0.1) is 36.6 Å². The Hall–Kier alpha value is -3.85. The van der Waals surface area contributed by atoms with Crippen LogP contribution in [0.25, 0.3) is 0 Å². The Bertz CT molecular complexity index is 1800. The van der Waals surface area contributed by atoms with Crippen LogP contribution in [0.4, 0.5) is 0 Å². The lowest BCUT2D eigenvalue weighted by Gasteiger charge is -2.62. The van der Waals surface area contributed by atoms with Crippen LogP contribution in [0, 0.1) is 27.6 Å². The van der Waals surface area contributed by atoms with E-state index in [9.17, 15) is 19.5 Å². The average molecular weight is 659 g/mol. The van der Waals surface area contributed by atoms with Crippen LogP contribution in [0.2, 0.25) is 0 Å². The molecule has 0 amide bonds. The molecule has 2 N–H and O–H groups in total. The zero-order valence-electron chi connectivity index (χ0n) is 29.1. The van der Waals surface area contributed by atoms with Crippen molar-refractivity contribution in [2.75, 3.05) is 7.11 Å². The number of methoxy groups -OCH3 is 1.